The van der Waals surface area contributed by atoms with Crippen LogP contribution in [0, 0.1) is 17.2 Å². The summed E-state index contributed by atoms with van der Waals surface area (Å²) in [6, 6.07) is 13.7. The SMILES string of the molecule is N#C[C@H]1CCCN(C(=O)c2ccc(-c3ccccc3C(F)(F)F)cc2)C1. The number of nitriles is 1. The number of hydrogen-bond donors (Lipinski definition) is 0. The molecular formula is C20H17F3N2O. The highest BCUT2D eigenvalue weighted by Crippen LogP contribution is 2.37. The third-order valence-corrected chi connectivity index (χ3v) is 4.57. The van der Waals surface area contributed by atoms with E-state index in [2.05, 4.69) is 6.07 Å². The van der Waals surface area contributed by atoms with Crippen molar-refractivity contribution in [2.75, 3.05) is 13.1 Å². The smallest absolute Gasteiger partial charge is 0.337 e. The number of hydrogen-bond acceptors (Lipinski definition) is 2. The summed E-state index contributed by atoms with van der Waals surface area (Å²) >= 11 is 0. The highest BCUT2D eigenvalue weighted by molar-refractivity contribution is 5.94. The van der Waals surface area contributed by atoms with E-state index in [0.29, 0.717) is 24.2 Å². The Morgan fingerprint density at radius 2 is 1.81 bits per heavy atom. The predicted octanol–water partition coefficient (Wildman–Crippen LogP) is 4.75. The molecule has 1 amide bonds. The van der Waals surface area contributed by atoms with Crippen molar-refractivity contribution in [2.24, 2.45) is 5.92 Å². The fraction of sp³-hybridized carbons (Fsp3) is 0.300. The molecule has 1 aliphatic rings. The molecule has 0 radical (unpaired) electrons. The van der Waals surface area contributed by atoms with Crippen LogP contribution >= 0.6 is 0 Å². The van der Waals surface area contributed by atoms with Gasteiger partial charge in [-0.1, -0.05) is 30.3 Å². The van der Waals surface area contributed by atoms with Gasteiger partial charge >= 0.3 is 6.18 Å². The topological polar surface area (TPSA) is 44.1 Å². The second-order valence-electron chi connectivity index (χ2n) is 6.34. The predicted molar refractivity (Wildman–Crippen MR) is 91.1 cm³/mol. The Labute approximate surface area is 149 Å². The normalized spacial score (nSPS) is 17.6. The number of halogens is 3. The standard InChI is InChI=1S/C20H17F3N2O/c21-20(22,23)18-6-2-1-5-17(18)15-7-9-16(10-8-15)19(26)25-11-3-4-14(12-24)13-25/h1-2,5-10,14H,3-4,11,13H2/t14-/m1/s1. The Balaban J connectivity index is 1.84. The maximum Gasteiger partial charge on any atom is 0.417 e. The molecule has 1 fully saturated rings. The summed E-state index contributed by atoms with van der Waals surface area (Å²) in [4.78, 5) is 14.2. The number of rotatable bonds is 2. The van der Waals surface area contributed by atoms with Gasteiger partial charge in [-0.3, -0.25) is 4.79 Å². The molecule has 1 atom stereocenters. The van der Waals surface area contributed by atoms with Gasteiger partial charge in [0.15, 0.2) is 0 Å². The summed E-state index contributed by atoms with van der Waals surface area (Å²) in [5.41, 5.74) is 0.202. The first-order valence-corrected chi connectivity index (χ1v) is 8.35. The van der Waals surface area contributed by atoms with E-state index in [1.54, 1.807) is 23.1 Å². The third-order valence-electron chi connectivity index (χ3n) is 4.57. The molecule has 2 aromatic carbocycles. The lowest BCUT2D eigenvalue weighted by Gasteiger charge is -2.29. The number of nitrogens with zero attached hydrogens (tertiary/aromatic N) is 2. The molecule has 0 aliphatic carbocycles. The fourth-order valence-electron chi connectivity index (χ4n) is 3.22. The minimum atomic E-state index is -4.44. The number of piperidine rings is 1. The van der Waals surface area contributed by atoms with Gasteiger partial charge in [-0.05, 0) is 42.2 Å². The van der Waals surface area contributed by atoms with Crippen molar-refractivity contribution >= 4 is 5.91 Å². The van der Waals surface area contributed by atoms with Crippen molar-refractivity contribution in [3.8, 4) is 17.2 Å². The van der Waals surface area contributed by atoms with Gasteiger partial charge in [0.25, 0.3) is 5.91 Å². The Bertz CT molecular complexity index is 837. The highest BCUT2D eigenvalue weighted by atomic mass is 19.4. The zero-order valence-corrected chi connectivity index (χ0v) is 14.0. The molecule has 1 aliphatic heterocycles. The molecule has 3 nitrogen and oxygen atoms in total. The van der Waals surface area contributed by atoms with Crippen molar-refractivity contribution in [1.82, 2.24) is 4.90 Å². The number of carbonyl (C=O) groups excluding carboxylic acids is 1. The summed E-state index contributed by atoms with van der Waals surface area (Å²) < 4.78 is 39.5. The van der Waals surface area contributed by atoms with E-state index >= 15 is 0 Å². The molecule has 0 N–H and O–H groups in total. The Morgan fingerprint density at radius 3 is 2.46 bits per heavy atom. The van der Waals surface area contributed by atoms with Crippen LogP contribution in [0.25, 0.3) is 11.1 Å². The lowest BCUT2D eigenvalue weighted by molar-refractivity contribution is -0.137. The monoisotopic (exact) mass is 358 g/mol. The summed E-state index contributed by atoms with van der Waals surface area (Å²) in [7, 11) is 0. The molecule has 0 saturated carbocycles. The van der Waals surface area contributed by atoms with Gasteiger partial charge in [0, 0.05) is 18.7 Å². The summed E-state index contributed by atoms with van der Waals surface area (Å²) in [6.07, 6.45) is -2.88. The van der Waals surface area contributed by atoms with Crippen molar-refractivity contribution in [1.29, 1.82) is 5.26 Å². The Hall–Kier alpha value is -2.81. The molecule has 134 valence electrons. The van der Waals surface area contributed by atoms with Gasteiger partial charge < -0.3 is 4.90 Å². The second kappa shape index (κ2) is 7.20. The third kappa shape index (κ3) is 3.72. The molecule has 3 rings (SSSR count). The van der Waals surface area contributed by atoms with Crippen molar-refractivity contribution < 1.29 is 18.0 Å². The van der Waals surface area contributed by atoms with Gasteiger partial charge in [0.2, 0.25) is 0 Å². The van der Waals surface area contributed by atoms with Crippen LogP contribution < -0.4 is 0 Å². The van der Waals surface area contributed by atoms with Crippen molar-refractivity contribution in [3.63, 3.8) is 0 Å². The minimum Gasteiger partial charge on any atom is -0.337 e. The average Bonchev–Trinajstić information content (AvgIpc) is 2.67. The lowest BCUT2D eigenvalue weighted by Crippen LogP contribution is -2.39. The second-order valence-corrected chi connectivity index (χ2v) is 6.34. The maximum absolute atomic E-state index is 13.2. The van der Waals surface area contributed by atoms with Crippen molar-refractivity contribution in [3.05, 3.63) is 59.7 Å². The van der Waals surface area contributed by atoms with Crippen LogP contribution in [-0.2, 0) is 6.18 Å². The zero-order chi connectivity index (χ0) is 18.7. The molecule has 6 heteroatoms. The fourth-order valence-corrected chi connectivity index (χ4v) is 3.22. The highest BCUT2D eigenvalue weighted by Gasteiger charge is 2.33. The molecule has 1 heterocycles. The number of amides is 1. The molecule has 0 aromatic heterocycles. The van der Waals surface area contributed by atoms with Crippen LogP contribution in [0.15, 0.2) is 48.5 Å². The van der Waals surface area contributed by atoms with Crippen LogP contribution in [0.4, 0.5) is 13.2 Å². The van der Waals surface area contributed by atoms with Gasteiger partial charge in [0.1, 0.15) is 0 Å². The van der Waals surface area contributed by atoms with Gasteiger partial charge in [-0.2, -0.15) is 18.4 Å². The number of likely N-dealkylation sites (tertiary alicyclic amines) is 1. The number of carbonyl (C=O) groups is 1. The van der Waals surface area contributed by atoms with Crippen LogP contribution in [0.1, 0.15) is 28.8 Å². The summed E-state index contributed by atoms with van der Waals surface area (Å²) in [6.45, 7) is 0.990. The maximum atomic E-state index is 13.2. The molecule has 0 bridgehead atoms. The van der Waals surface area contributed by atoms with Crippen LogP contribution in [0.2, 0.25) is 0 Å². The number of benzene rings is 2. The molecule has 0 spiro atoms. The van der Waals surface area contributed by atoms with Crippen LogP contribution in [0.3, 0.4) is 0 Å². The first-order chi connectivity index (χ1) is 12.4. The first kappa shape index (κ1) is 18.0. The Morgan fingerprint density at radius 1 is 1.12 bits per heavy atom. The minimum absolute atomic E-state index is 0.0847. The van der Waals surface area contributed by atoms with E-state index in [0.717, 1.165) is 18.9 Å². The summed E-state index contributed by atoms with van der Waals surface area (Å²) in [5, 5.41) is 9.04. The van der Waals surface area contributed by atoms with E-state index in [1.165, 1.54) is 24.3 Å². The van der Waals surface area contributed by atoms with Crippen LogP contribution in [0.5, 0.6) is 0 Å². The van der Waals surface area contributed by atoms with Crippen LogP contribution in [-0.4, -0.2) is 23.9 Å². The largest absolute Gasteiger partial charge is 0.417 e. The average molecular weight is 358 g/mol. The van der Waals surface area contributed by atoms with Gasteiger partial charge in [-0.25, -0.2) is 0 Å². The van der Waals surface area contributed by atoms with E-state index in [4.69, 9.17) is 5.26 Å². The lowest BCUT2D eigenvalue weighted by atomic mass is 9.97. The van der Waals surface area contributed by atoms with E-state index < -0.39 is 11.7 Å². The molecule has 1 saturated heterocycles. The van der Waals surface area contributed by atoms with Crippen molar-refractivity contribution in [2.45, 2.75) is 19.0 Å². The van der Waals surface area contributed by atoms with E-state index in [1.807, 2.05) is 0 Å². The van der Waals surface area contributed by atoms with Gasteiger partial charge in [-0.15, -0.1) is 0 Å². The molecule has 26 heavy (non-hydrogen) atoms. The number of alkyl halides is 3. The Kier molecular flexibility index (Phi) is 4.99. The quantitative estimate of drug-likeness (QED) is 0.778. The molecule has 2 aromatic rings. The first-order valence-electron chi connectivity index (χ1n) is 8.35. The van der Waals surface area contributed by atoms with Gasteiger partial charge in [0.05, 0.1) is 17.6 Å². The van der Waals surface area contributed by atoms with E-state index in [-0.39, 0.29) is 17.4 Å². The molecule has 0 unspecified atom stereocenters. The zero-order valence-electron chi connectivity index (χ0n) is 14.0. The van der Waals surface area contributed by atoms with E-state index in [9.17, 15) is 18.0 Å². The molecular weight excluding hydrogens is 341 g/mol. The summed E-state index contributed by atoms with van der Waals surface area (Å²) in [5.74, 6) is -0.355.